The van der Waals surface area contributed by atoms with Crippen LogP contribution in [-0.4, -0.2) is 36.3 Å². The van der Waals surface area contributed by atoms with Gasteiger partial charge >= 0.3 is 0 Å². The summed E-state index contributed by atoms with van der Waals surface area (Å²) in [5.41, 5.74) is 2.63. The van der Waals surface area contributed by atoms with E-state index >= 15 is 0 Å². The number of nitrogens with one attached hydrogen (secondary N) is 1. The number of aryl methyl sites for hydroxylation is 1. The van der Waals surface area contributed by atoms with E-state index in [0.29, 0.717) is 28.3 Å². The third kappa shape index (κ3) is 7.03. The minimum absolute atomic E-state index is 0.0344. The van der Waals surface area contributed by atoms with E-state index in [-0.39, 0.29) is 26.2 Å². The van der Waals surface area contributed by atoms with Crippen LogP contribution in [0.1, 0.15) is 56.7 Å². The summed E-state index contributed by atoms with van der Waals surface area (Å²) in [5.74, 6) is -0.774. The zero-order valence-electron chi connectivity index (χ0n) is 26.1. The van der Waals surface area contributed by atoms with Gasteiger partial charge in [-0.2, -0.15) is 9.57 Å². The van der Waals surface area contributed by atoms with Gasteiger partial charge in [-0.3, -0.25) is 14.2 Å². The number of thiazole rings is 1. The molecule has 1 aliphatic rings. The molecule has 3 aromatic carbocycles. The second-order valence-corrected chi connectivity index (χ2v) is 15.7. The van der Waals surface area contributed by atoms with Crippen molar-refractivity contribution in [3.05, 3.63) is 108 Å². The Morgan fingerprint density at radius 1 is 1.02 bits per heavy atom. The molecule has 5 rings (SSSR count). The molecule has 0 spiro atoms. The number of carbonyl (C=O) groups is 1. The molecule has 1 aliphatic heterocycles. The molecule has 0 bridgehead atoms. The maximum absolute atomic E-state index is 13.9. The molecule has 0 unspecified atom stereocenters. The summed E-state index contributed by atoms with van der Waals surface area (Å²) in [7, 11) is -3.74. The Morgan fingerprint density at radius 3 is 2.35 bits per heavy atom. The summed E-state index contributed by atoms with van der Waals surface area (Å²) in [6.45, 7) is 9.10. The lowest BCUT2D eigenvalue weighted by Gasteiger charge is -2.26. The molecule has 0 saturated carbocycles. The summed E-state index contributed by atoms with van der Waals surface area (Å²) in [6.07, 6.45) is 4.32. The van der Waals surface area contributed by atoms with Crippen LogP contribution >= 0.6 is 22.9 Å². The van der Waals surface area contributed by atoms with E-state index in [1.54, 1.807) is 36.4 Å². The maximum Gasteiger partial charge on any atom is 0.273 e. The summed E-state index contributed by atoms with van der Waals surface area (Å²) < 4.78 is 29.7. The highest BCUT2D eigenvalue weighted by Gasteiger charge is 2.26. The van der Waals surface area contributed by atoms with Crippen LogP contribution in [0.2, 0.25) is 5.02 Å². The fourth-order valence-electron chi connectivity index (χ4n) is 5.21. The number of benzene rings is 3. The number of nitrogens with zero attached hydrogens (tertiary/aromatic N) is 3. The van der Waals surface area contributed by atoms with Crippen molar-refractivity contribution >= 4 is 56.2 Å². The molecule has 1 fully saturated rings. The predicted molar refractivity (Wildman–Crippen MR) is 184 cm³/mol. The molecule has 1 amide bonds. The average molecular weight is 675 g/mol. The Bertz CT molecular complexity index is 2130. The first-order valence-corrected chi connectivity index (χ1v) is 17.6. The Morgan fingerprint density at radius 2 is 1.72 bits per heavy atom. The van der Waals surface area contributed by atoms with Crippen LogP contribution < -0.4 is 20.1 Å². The number of hydrogen-bond donors (Lipinski definition) is 1. The van der Waals surface area contributed by atoms with Gasteiger partial charge in [0, 0.05) is 23.8 Å². The number of carbonyl (C=O) groups excluding carboxylic acids is 1. The largest absolute Gasteiger partial charge is 0.321 e. The van der Waals surface area contributed by atoms with Gasteiger partial charge in [-0.05, 0) is 78.3 Å². The molecule has 8 nitrogen and oxygen atoms in total. The number of anilines is 1. The Hall–Kier alpha value is -4.01. The quantitative estimate of drug-likeness (QED) is 0.291. The zero-order valence-corrected chi connectivity index (χ0v) is 28.5. The third-order valence-electron chi connectivity index (χ3n) is 7.91. The molecule has 1 aromatic heterocycles. The van der Waals surface area contributed by atoms with Crippen molar-refractivity contribution in [1.82, 2.24) is 8.87 Å². The molecule has 4 aromatic rings. The van der Waals surface area contributed by atoms with Crippen molar-refractivity contribution in [2.45, 2.75) is 57.3 Å². The average Bonchev–Trinajstić information content (AvgIpc) is 3.34. The van der Waals surface area contributed by atoms with Crippen LogP contribution in [0, 0.1) is 18.3 Å². The van der Waals surface area contributed by atoms with Gasteiger partial charge in [0.25, 0.3) is 11.5 Å². The monoisotopic (exact) mass is 674 g/mol. The van der Waals surface area contributed by atoms with Crippen molar-refractivity contribution in [3.8, 4) is 11.8 Å². The second-order valence-electron chi connectivity index (χ2n) is 12.3. The molecule has 46 heavy (non-hydrogen) atoms. The minimum Gasteiger partial charge on any atom is -0.321 e. The van der Waals surface area contributed by atoms with Crippen LogP contribution in [0.5, 0.6) is 0 Å². The van der Waals surface area contributed by atoms with Gasteiger partial charge in [0.2, 0.25) is 10.0 Å². The number of sulfonamides is 1. The number of aromatic nitrogens is 1. The summed E-state index contributed by atoms with van der Waals surface area (Å²) in [6, 6.07) is 20.9. The summed E-state index contributed by atoms with van der Waals surface area (Å²) in [4.78, 5) is 27.6. The highest BCUT2D eigenvalue weighted by atomic mass is 35.5. The lowest BCUT2D eigenvalue weighted by molar-refractivity contribution is -0.111. The predicted octanol–water partition coefficient (Wildman–Crippen LogP) is 5.47. The minimum atomic E-state index is -3.74. The standard InChI is InChI=1S/C35H35ClN4O4S2/c1-23-11-16-27(21-30(23)36)40-33(42)31(19-24-12-14-25(15-13-24)35(2,3)4)45-34(40)29(22-37)32(41)38-26-9-8-10-28(20-26)46(43,44)39-17-6-5-7-18-39/h8-16,19-21H,5-7,17-18H2,1-4H3,(H,38,41). The first-order valence-electron chi connectivity index (χ1n) is 15.0. The first-order chi connectivity index (χ1) is 21.8. The van der Waals surface area contributed by atoms with E-state index < -0.39 is 21.5 Å². The highest BCUT2D eigenvalue weighted by Crippen LogP contribution is 2.24. The van der Waals surface area contributed by atoms with Crippen LogP contribution in [0.25, 0.3) is 17.3 Å². The normalized spacial score (nSPS) is 15.3. The molecular weight excluding hydrogens is 640 g/mol. The molecule has 2 heterocycles. The van der Waals surface area contributed by atoms with Crippen molar-refractivity contribution in [2.75, 3.05) is 18.4 Å². The van der Waals surface area contributed by atoms with E-state index in [1.165, 1.54) is 21.0 Å². The molecule has 238 valence electrons. The van der Waals surface area contributed by atoms with E-state index in [1.807, 2.05) is 37.3 Å². The van der Waals surface area contributed by atoms with Crippen molar-refractivity contribution in [3.63, 3.8) is 0 Å². The number of nitriles is 1. The molecule has 11 heteroatoms. The lowest BCUT2D eigenvalue weighted by atomic mass is 9.87. The van der Waals surface area contributed by atoms with Crippen LogP contribution in [0.4, 0.5) is 5.69 Å². The number of amides is 1. The lowest BCUT2D eigenvalue weighted by Crippen LogP contribution is -2.35. The van der Waals surface area contributed by atoms with Gasteiger partial charge in [0.15, 0.2) is 5.57 Å². The van der Waals surface area contributed by atoms with Gasteiger partial charge in [-0.25, -0.2) is 8.42 Å². The number of halogens is 1. The maximum atomic E-state index is 13.9. The van der Waals surface area contributed by atoms with Crippen molar-refractivity contribution < 1.29 is 13.2 Å². The molecule has 0 aliphatic carbocycles. The number of rotatable bonds is 6. The van der Waals surface area contributed by atoms with Gasteiger partial charge < -0.3 is 5.32 Å². The molecule has 0 radical (unpaired) electrons. The highest BCUT2D eigenvalue weighted by molar-refractivity contribution is 7.89. The fourth-order valence-corrected chi connectivity index (χ4v) is 8.05. The number of hydrogen-bond acceptors (Lipinski definition) is 6. The molecular formula is C35H35ClN4O4S2. The molecule has 1 saturated heterocycles. The fraction of sp³-hybridized carbons (Fsp3) is 0.286. The van der Waals surface area contributed by atoms with E-state index in [4.69, 9.17) is 11.6 Å². The number of piperidine rings is 1. The Kier molecular flexibility index (Phi) is 9.70. The van der Waals surface area contributed by atoms with Gasteiger partial charge in [0.05, 0.1) is 15.1 Å². The zero-order chi connectivity index (χ0) is 33.2. The van der Waals surface area contributed by atoms with Gasteiger partial charge in [0.1, 0.15) is 10.7 Å². The van der Waals surface area contributed by atoms with Gasteiger partial charge in [-0.1, -0.05) is 75.2 Å². The third-order valence-corrected chi connectivity index (χ3v) is 11.3. The van der Waals surface area contributed by atoms with E-state index in [2.05, 4.69) is 26.1 Å². The smallest absolute Gasteiger partial charge is 0.273 e. The van der Waals surface area contributed by atoms with Crippen LogP contribution in [0.15, 0.2) is 76.4 Å². The first kappa shape index (κ1) is 33.4. The van der Waals surface area contributed by atoms with Crippen LogP contribution in [0.3, 0.4) is 0 Å². The van der Waals surface area contributed by atoms with E-state index in [0.717, 1.165) is 47.3 Å². The van der Waals surface area contributed by atoms with Gasteiger partial charge in [-0.15, -0.1) is 11.3 Å². The molecule has 1 N–H and O–H groups in total. The summed E-state index contributed by atoms with van der Waals surface area (Å²) >= 11 is 7.45. The van der Waals surface area contributed by atoms with Crippen molar-refractivity contribution in [2.24, 2.45) is 0 Å². The SMILES string of the molecule is Cc1ccc(-n2c(=C(C#N)C(=O)Nc3cccc(S(=O)(=O)N4CCCCC4)c3)sc(=Cc3ccc(C(C)(C)C)cc3)c2=O)cc1Cl. The van der Waals surface area contributed by atoms with E-state index in [9.17, 15) is 23.3 Å². The molecule has 0 atom stereocenters. The Balaban J connectivity index is 1.61. The topological polar surface area (TPSA) is 112 Å². The Labute approximate surface area is 277 Å². The second kappa shape index (κ2) is 13.4. The summed E-state index contributed by atoms with van der Waals surface area (Å²) in [5, 5.41) is 13.4. The van der Waals surface area contributed by atoms with Crippen molar-refractivity contribution in [1.29, 1.82) is 5.26 Å². The van der Waals surface area contributed by atoms with Crippen LogP contribution in [-0.2, 0) is 20.2 Å².